The molecule has 0 N–H and O–H groups in total. The highest BCUT2D eigenvalue weighted by Crippen LogP contribution is 2.16. The zero-order valence-electron chi connectivity index (χ0n) is 53.3. The Labute approximate surface area is 501 Å². The van der Waals surface area contributed by atoms with Crippen LogP contribution in [-0.4, -0.2) is 37.2 Å². The molecule has 0 fully saturated rings. The van der Waals surface area contributed by atoms with Gasteiger partial charge in [-0.25, -0.2) is 0 Å². The molecule has 0 radical (unpaired) electrons. The Morgan fingerprint density at radius 3 is 0.753 bits per heavy atom. The van der Waals surface area contributed by atoms with Gasteiger partial charge in [-0.3, -0.25) is 14.4 Å². The molecule has 0 aromatic heterocycles. The molecule has 0 spiro atoms. The molecule has 0 amide bonds. The van der Waals surface area contributed by atoms with Crippen molar-refractivity contribution in [3.63, 3.8) is 0 Å². The Morgan fingerprint density at radius 1 is 0.259 bits per heavy atom. The third kappa shape index (κ3) is 66.8. The maximum Gasteiger partial charge on any atom is 0.306 e. The number of ether oxygens (including phenoxy) is 3. The van der Waals surface area contributed by atoms with Crippen LogP contribution in [-0.2, 0) is 28.6 Å². The van der Waals surface area contributed by atoms with Gasteiger partial charge in [-0.2, -0.15) is 0 Å². The van der Waals surface area contributed by atoms with Crippen molar-refractivity contribution in [2.24, 2.45) is 0 Å². The normalized spacial score (nSPS) is 12.8. The Hall–Kier alpha value is -3.93. The number of hydrogen-bond acceptors (Lipinski definition) is 6. The molecule has 1 atom stereocenters. The van der Waals surface area contributed by atoms with Gasteiger partial charge in [0.1, 0.15) is 13.2 Å². The fraction of sp³-hybridized carbons (Fsp3) is 0.720. The molecule has 0 rings (SSSR count). The fourth-order valence-electron chi connectivity index (χ4n) is 9.59. The summed E-state index contributed by atoms with van der Waals surface area (Å²) in [7, 11) is 0. The molecule has 0 heterocycles. The lowest BCUT2D eigenvalue weighted by atomic mass is 10.0. The zero-order valence-corrected chi connectivity index (χ0v) is 53.3. The van der Waals surface area contributed by atoms with Crippen molar-refractivity contribution in [1.82, 2.24) is 0 Å². The minimum Gasteiger partial charge on any atom is -0.462 e. The third-order valence-electron chi connectivity index (χ3n) is 14.7. The van der Waals surface area contributed by atoms with Crippen molar-refractivity contribution < 1.29 is 28.6 Å². The lowest BCUT2D eigenvalue weighted by molar-refractivity contribution is -0.167. The van der Waals surface area contributed by atoms with E-state index >= 15 is 0 Å². The van der Waals surface area contributed by atoms with Gasteiger partial charge in [0, 0.05) is 19.3 Å². The van der Waals surface area contributed by atoms with Crippen molar-refractivity contribution in [3.05, 3.63) is 109 Å². The predicted molar refractivity (Wildman–Crippen MR) is 353 cm³/mol. The molecule has 81 heavy (non-hydrogen) atoms. The first-order valence-corrected chi connectivity index (χ1v) is 34.4. The monoisotopic (exact) mass is 1120 g/mol. The van der Waals surface area contributed by atoms with Gasteiger partial charge in [0.25, 0.3) is 0 Å². The van der Waals surface area contributed by atoms with Crippen molar-refractivity contribution in [2.75, 3.05) is 13.2 Å². The number of allylic oxidation sites excluding steroid dienone is 18. The smallest absolute Gasteiger partial charge is 0.306 e. The number of carbonyl (C=O) groups is 3. The van der Waals surface area contributed by atoms with E-state index in [1.54, 1.807) is 0 Å². The van der Waals surface area contributed by atoms with Crippen molar-refractivity contribution in [3.8, 4) is 0 Å². The maximum atomic E-state index is 13.0. The summed E-state index contributed by atoms with van der Waals surface area (Å²) in [5.74, 6) is -0.886. The van der Waals surface area contributed by atoms with Crippen LogP contribution in [0.4, 0.5) is 0 Å². The summed E-state index contributed by atoms with van der Waals surface area (Å²) in [4.78, 5) is 38.5. The van der Waals surface area contributed by atoms with Crippen molar-refractivity contribution >= 4 is 17.9 Å². The topological polar surface area (TPSA) is 78.9 Å². The predicted octanol–water partition coefficient (Wildman–Crippen LogP) is 23.8. The van der Waals surface area contributed by atoms with Gasteiger partial charge in [-0.15, -0.1) is 0 Å². The maximum absolute atomic E-state index is 13.0. The van der Waals surface area contributed by atoms with E-state index < -0.39 is 6.10 Å². The lowest BCUT2D eigenvalue weighted by Crippen LogP contribution is -2.30. The van der Waals surface area contributed by atoms with E-state index in [-0.39, 0.29) is 31.1 Å². The SMILES string of the molecule is CC/C=C\C/C=C\C/C=C\C/C=C\C/C=C\CCCCCCCCCCCCCC(=O)OCC(COC(=O)CCCCCCCCC/C=C\C/C=C\CCCCC)OC(=O)CCCCCCCCCCC/C=C\C/C=C\CCCCC. The van der Waals surface area contributed by atoms with Crippen LogP contribution < -0.4 is 0 Å². The average Bonchev–Trinajstić information content (AvgIpc) is 3.47. The summed E-state index contributed by atoms with van der Waals surface area (Å²) >= 11 is 0. The summed E-state index contributed by atoms with van der Waals surface area (Å²) in [6.07, 6.45) is 93.8. The molecule has 6 nitrogen and oxygen atoms in total. The molecular formula is C75H128O6. The second-order valence-corrected chi connectivity index (χ2v) is 22.7. The molecule has 0 aliphatic carbocycles. The molecule has 464 valence electrons. The van der Waals surface area contributed by atoms with E-state index in [9.17, 15) is 14.4 Å². The van der Waals surface area contributed by atoms with Crippen molar-refractivity contribution in [1.29, 1.82) is 0 Å². The number of rotatable bonds is 62. The molecule has 6 heteroatoms. The fourth-order valence-corrected chi connectivity index (χ4v) is 9.59. The standard InChI is InChI=1S/C75H128O6/c1-4-7-10-13-16-19-22-25-28-31-33-34-35-36-37-38-39-40-42-44-47-50-53-56-59-62-65-68-74(77)80-71-72(70-79-73(76)67-64-61-58-55-52-49-46-43-30-27-24-21-18-15-12-9-6-3)81-75(78)69-66-63-60-57-54-51-48-45-41-32-29-26-23-20-17-14-11-8-5-2/h7,10,16-21,25-30,33-34,36-37,72H,4-6,8-9,11-15,22-24,31-32,35,38-71H2,1-3H3/b10-7-,19-16-,20-17-,21-18-,28-25-,29-26-,30-27-,34-33-,37-36-. The highest BCUT2D eigenvalue weighted by Gasteiger charge is 2.19. The molecule has 0 aliphatic heterocycles. The van der Waals surface area contributed by atoms with Crippen LogP contribution in [0.2, 0.25) is 0 Å². The molecule has 0 saturated carbocycles. The Balaban J connectivity index is 4.36. The van der Waals surface area contributed by atoms with Gasteiger partial charge in [0.15, 0.2) is 6.10 Å². The molecule has 0 aromatic rings. The first-order chi connectivity index (χ1) is 40.0. The Bertz CT molecular complexity index is 1620. The molecule has 0 aromatic carbocycles. The first-order valence-electron chi connectivity index (χ1n) is 34.4. The largest absolute Gasteiger partial charge is 0.462 e. The minimum atomic E-state index is -0.788. The van der Waals surface area contributed by atoms with E-state index in [0.29, 0.717) is 19.3 Å². The van der Waals surface area contributed by atoms with Gasteiger partial charge in [-0.1, -0.05) is 291 Å². The minimum absolute atomic E-state index is 0.0833. The van der Waals surface area contributed by atoms with Gasteiger partial charge in [-0.05, 0) is 128 Å². The van der Waals surface area contributed by atoms with Crippen LogP contribution in [0, 0.1) is 0 Å². The number of esters is 3. The zero-order chi connectivity index (χ0) is 58.5. The van der Waals surface area contributed by atoms with Crippen LogP contribution >= 0.6 is 0 Å². The number of hydrogen-bond donors (Lipinski definition) is 0. The highest BCUT2D eigenvalue weighted by atomic mass is 16.6. The molecular weight excluding hydrogens is 997 g/mol. The highest BCUT2D eigenvalue weighted by molar-refractivity contribution is 5.71. The quantitative estimate of drug-likeness (QED) is 0.0261. The number of carbonyl (C=O) groups excluding carboxylic acids is 3. The van der Waals surface area contributed by atoms with E-state index in [0.717, 1.165) is 109 Å². The van der Waals surface area contributed by atoms with Crippen molar-refractivity contribution in [2.45, 2.75) is 335 Å². The first kappa shape index (κ1) is 77.1. The summed E-state index contributed by atoms with van der Waals surface area (Å²) in [5, 5.41) is 0. The van der Waals surface area contributed by atoms with Crippen LogP contribution in [0.25, 0.3) is 0 Å². The lowest BCUT2D eigenvalue weighted by Gasteiger charge is -2.18. The van der Waals surface area contributed by atoms with Crippen LogP contribution in [0.1, 0.15) is 329 Å². The summed E-state index contributed by atoms with van der Waals surface area (Å²) in [6, 6.07) is 0. The second-order valence-electron chi connectivity index (χ2n) is 22.7. The van der Waals surface area contributed by atoms with Gasteiger partial charge in [0.05, 0.1) is 0 Å². The summed E-state index contributed by atoms with van der Waals surface area (Å²) in [6.45, 7) is 6.50. The third-order valence-corrected chi connectivity index (χ3v) is 14.7. The van der Waals surface area contributed by atoms with Crippen LogP contribution in [0.15, 0.2) is 109 Å². The van der Waals surface area contributed by atoms with E-state index in [2.05, 4.69) is 130 Å². The number of unbranched alkanes of at least 4 members (excludes halogenated alkanes) is 33. The average molecular weight is 1130 g/mol. The molecule has 0 saturated heterocycles. The molecule has 0 bridgehead atoms. The Kier molecular flexibility index (Phi) is 65.2. The Morgan fingerprint density at radius 2 is 0.481 bits per heavy atom. The summed E-state index contributed by atoms with van der Waals surface area (Å²) in [5.41, 5.74) is 0. The van der Waals surface area contributed by atoms with Crippen LogP contribution in [0.3, 0.4) is 0 Å². The second kappa shape index (κ2) is 68.6. The van der Waals surface area contributed by atoms with Gasteiger partial charge < -0.3 is 14.2 Å². The van der Waals surface area contributed by atoms with E-state index in [1.807, 2.05) is 0 Å². The van der Waals surface area contributed by atoms with E-state index in [4.69, 9.17) is 14.2 Å². The summed E-state index contributed by atoms with van der Waals surface area (Å²) < 4.78 is 17.0. The molecule has 0 aliphatic rings. The van der Waals surface area contributed by atoms with Gasteiger partial charge >= 0.3 is 17.9 Å². The van der Waals surface area contributed by atoms with E-state index in [1.165, 1.54) is 180 Å². The van der Waals surface area contributed by atoms with Gasteiger partial charge in [0.2, 0.25) is 0 Å². The van der Waals surface area contributed by atoms with Crippen LogP contribution in [0.5, 0.6) is 0 Å². The molecule has 1 unspecified atom stereocenters.